The molecular weight excluding hydrogens is 455 g/mol. The molecule has 1 aromatic carbocycles. The lowest BCUT2D eigenvalue weighted by Crippen LogP contribution is -2.44. The van der Waals surface area contributed by atoms with Crippen LogP contribution in [0.2, 0.25) is 0 Å². The van der Waals surface area contributed by atoms with Gasteiger partial charge in [0.2, 0.25) is 5.91 Å². The highest BCUT2D eigenvalue weighted by Crippen LogP contribution is 2.26. The molecule has 3 rings (SSSR count). The molecule has 0 fully saturated rings. The largest absolute Gasteiger partial charge is 0.505 e. The van der Waals surface area contributed by atoms with Crippen LogP contribution in [0.1, 0.15) is 42.3 Å². The Hall–Kier alpha value is -3.79. The van der Waals surface area contributed by atoms with E-state index in [1.54, 1.807) is 39.0 Å². The third-order valence-electron chi connectivity index (χ3n) is 5.09. The van der Waals surface area contributed by atoms with Crippen molar-refractivity contribution in [3.8, 4) is 5.75 Å². The molecule has 9 nitrogen and oxygen atoms in total. The molecule has 0 aliphatic rings. The van der Waals surface area contributed by atoms with Gasteiger partial charge in [-0.1, -0.05) is 12.1 Å². The average molecular weight is 485 g/mol. The van der Waals surface area contributed by atoms with Crippen molar-refractivity contribution >= 4 is 22.8 Å². The van der Waals surface area contributed by atoms with Crippen LogP contribution in [0.25, 0.3) is 11.0 Å². The van der Waals surface area contributed by atoms with E-state index < -0.39 is 34.2 Å². The zero-order valence-corrected chi connectivity index (χ0v) is 20.1. The molecule has 0 bridgehead atoms. The van der Waals surface area contributed by atoms with Crippen molar-refractivity contribution in [3.63, 3.8) is 0 Å². The van der Waals surface area contributed by atoms with E-state index in [-0.39, 0.29) is 36.5 Å². The number of rotatable bonds is 8. The summed E-state index contributed by atoms with van der Waals surface area (Å²) in [5.41, 5.74) is -0.182. The number of nitrogens with one attached hydrogen (secondary N) is 2. The van der Waals surface area contributed by atoms with Crippen LogP contribution in [-0.4, -0.2) is 52.3 Å². The first-order chi connectivity index (χ1) is 16.5. The Balaban J connectivity index is 2.11. The van der Waals surface area contributed by atoms with Crippen LogP contribution in [0.4, 0.5) is 4.39 Å². The number of methoxy groups -OCH3 is 1. The minimum absolute atomic E-state index is 0.00732. The first-order valence-corrected chi connectivity index (χ1v) is 11.1. The van der Waals surface area contributed by atoms with Crippen molar-refractivity contribution < 1.29 is 23.8 Å². The fraction of sp³-hybridized carbons (Fsp3) is 0.360. The van der Waals surface area contributed by atoms with Gasteiger partial charge in [-0.05, 0) is 56.5 Å². The number of hydrogen-bond donors (Lipinski definition) is 3. The fourth-order valence-electron chi connectivity index (χ4n) is 3.60. The van der Waals surface area contributed by atoms with Gasteiger partial charge in [-0.25, -0.2) is 4.39 Å². The smallest absolute Gasteiger partial charge is 0.268 e. The number of amides is 2. The standard InChI is InChI=1S/C25H29FN4O5/c1-25(2,3)29-19(31)14-30-18-12-16(11-15-5-7-17(26)8-6-15)13-28-21(18)22(32)20(24(30)34)23(33)27-9-10-35-4/h5-8,12-13,32H,9-11,14H2,1-4H3,(H,27,33)(H,29,31). The number of carbonyl (C=O) groups excluding carboxylic acids is 2. The van der Waals surface area contributed by atoms with Crippen molar-refractivity contribution in [2.24, 2.45) is 0 Å². The first kappa shape index (κ1) is 25.8. The quantitative estimate of drug-likeness (QED) is 0.421. The third kappa shape index (κ3) is 6.42. The van der Waals surface area contributed by atoms with Gasteiger partial charge in [0.1, 0.15) is 23.4 Å². The predicted molar refractivity (Wildman–Crippen MR) is 129 cm³/mol. The summed E-state index contributed by atoms with van der Waals surface area (Å²) in [7, 11) is 1.47. The summed E-state index contributed by atoms with van der Waals surface area (Å²) in [5, 5.41) is 16.1. The molecule has 0 atom stereocenters. The lowest BCUT2D eigenvalue weighted by molar-refractivity contribution is -0.123. The van der Waals surface area contributed by atoms with Gasteiger partial charge in [0.15, 0.2) is 5.75 Å². The number of fused-ring (bicyclic) bond motifs is 1. The Morgan fingerprint density at radius 1 is 1.17 bits per heavy atom. The number of benzene rings is 1. The second-order valence-corrected chi connectivity index (χ2v) is 9.18. The molecule has 2 heterocycles. The molecule has 0 saturated carbocycles. The van der Waals surface area contributed by atoms with Crippen molar-refractivity contribution in [3.05, 3.63) is 69.4 Å². The second kappa shape index (κ2) is 10.6. The second-order valence-electron chi connectivity index (χ2n) is 9.18. The van der Waals surface area contributed by atoms with Crippen LogP contribution in [-0.2, 0) is 22.5 Å². The lowest BCUT2D eigenvalue weighted by Gasteiger charge is -2.21. The highest BCUT2D eigenvalue weighted by atomic mass is 19.1. The Labute approximate surface area is 201 Å². The number of aromatic nitrogens is 2. The van der Waals surface area contributed by atoms with Gasteiger partial charge < -0.3 is 20.5 Å². The third-order valence-corrected chi connectivity index (χ3v) is 5.09. The Kier molecular flexibility index (Phi) is 7.85. The van der Waals surface area contributed by atoms with Gasteiger partial charge in [0.25, 0.3) is 11.5 Å². The number of aromatic hydroxyl groups is 1. The van der Waals surface area contributed by atoms with E-state index in [9.17, 15) is 23.9 Å². The van der Waals surface area contributed by atoms with Gasteiger partial charge in [-0.2, -0.15) is 0 Å². The molecular formula is C25H29FN4O5. The van der Waals surface area contributed by atoms with E-state index in [2.05, 4.69) is 15.6 Å². The zero-order valence-electron chi connectivity index (χ0n) is 20.1. The van der Waals surface area contributed by atoms with Gasteiger partial charge >= 0.3 is 0 Å². The molecule has 0 radical (unpaired) electrons. The molecule has 3 aromatic rings. The Morgan fingerprint density at radius 2 is 1.86 bits per heavy atom. The van der Waals surface area contributed by atoms with Gasteiger partial charge in [0, 0.05) is 25.4 Å². The molecule has 10 heteroatoms. The van der Waals surface area contributed by atoms with Crippen molar-refractivity contribution in [2.45, 2.75) is 39.3 Å². The van der Waals surface area contributed by atoms with E-state index in [1.165, 1.54) is 25.4 Å². The number of hydrogen-bond acceptors (Lipinski definition) is 6. The Bertz CT molecular complexity index is 1300. The van der Waals surface area contributed by atoms with Gasteiger partial charge in [-0.15, -0.1) is 0 Å². The SMILES string of the molecule is COCCNC(=O)c1c(O)c2ncc(Cc3ccc(F)cc3)cc2n(CC(=O)NC(C)(C)C)c1=O. The van der Waals surface area contributed by atoms with Crippen LogP contribution < -0.4 is 16.2 Å². The summed E-state index contributed by atoms with van der Waals surface area (Å²) in [6.07, 6.45) is 1.88. The highest BCUT2D eigenvalue weighted by Gasteiger charge is 2.25. The number of nitrogens with zero attached hydrogens (tertiary/aromatic N) is 2. The van der Waals surface area contributed by atoms with Crippen molar-refractivity contribution in [1.29, 1.82) is 0 Å². The molecule has 3 N–H and O–H groups in total. The topological polar surface area (TPSA) is 123 Å². The average Bonchev–Trinajstić information content (AvgIpc) is 2.77. The summed E-state index contributed by atoms with van der Waals surface area (Å²) in [5.74, 6) is -2.17. The monoisotopic (exact) mass is 484 g/mol. The maximum atomic E-state index is 13.3. The Morgan fingerprint density at radius 3 is 2.49 bits per heavy atom. The molecule has 0 aliphatic heterocycles. The summed E-state index contributed by atoms with van der Waals surface area (Å²) in [6.45, 7) is 5.37. The maximum Gasteiger partial charge on any atom is 0.268 e. The first-order valence-electron chi connectivity index (χ1n) is 11.1. The van der Waals surface area contributed by atoms with Crippen LogP contribution in [0, 0.1) is 5.82 Å². The number of halogens is 1. The van der Waals surface area contributed by atoms with Crippen LogP contribution in [0.3, 0.4) is 0 Å². The van der Waals surface area contributed by atoms with Crippen molar-refractivity contribution in [2.75, 3.05) is 20.3 Å². The molecule has 186 valence electrons. The minimum Gasteiger partial charge on any atom is -0.505 e. The summed E-state index contributed by atoms with van der Waals surface area (Å²) < 4.78 is 19.3. The minimum atomic E-state index is -0.824. The molecule has 2 amide bonds. The number of ether oxygens (including phenoxy) is 1. The molecule has 35 heavy (non-hydrogen) atoms. The zero-order chi connectivity index (χ0) is 25.8. The van der Waals surface area contributed by atoms with Crippen molar-refractivity contribution in [1.82, 2.24) is 20.2 Å². The fourth-order valence-corrected chi connectivity index (χ4v) is 3.60. The molecule has 0 saturated heterocycles. The maximum absolute atomic E-state index is 13.3. The van der Waals surface area contributed by atoms with E-state index in [0.29, 0.717) is 12.0 Å². The predicted octanol–water partition coefficient (Wildman–Crippen LogP) is 2.12. The highest BCUT2D eigenvalue weighted by molar-refractivity contribution is 6.01. The van der Waals surface area contributed by atoms with Crippen LogP contribution >= 0.6 is 0 Å². The van der Waals surface area contributed by atoms with Crippen LogP contribution in [0.5, 0.6) is 5.75 Å². The lowest BCUT2D eigenvalue weighted by atomic mass is 10.1. The number of carbonyl (C=O) groups is 2. The van der Waals surface area contributed by atoms with Crippen LogP contribution in [0.15, 0.2) is 41.3 Å². The van der Waals surface area contributed by atoms with Gasteiger partial charge in [0.05, 0.1) is 12.1 Å². The van der Waals surface area contributed by atoms with E-state index in [0.717, 1.165) is 10.1 Å². The van der Waals surface area contributed by atoms with E-state index in [1.807, 2.05) is 0 Å². The van der Waals surface area contributed by atoms with E-state index in [4.69, 9.17) is 4.74 Å². The molecule has 0 spiro atoms. The van der Waals surface area contributed by atoms with Gasteiger partial charge in [-0.3, -0.25) is 23.9 Å². The molecule has 0 aliphatic carbocycles. The molecule has 2 aromatic heterocycles. The number of pyridine rings is 2. The normalized spacial score (nSPS) is 11.5. The summed E-state index contributed by atoms with van der Waals surface area (Å²) >= 11 is 0. The molecule has 0 unspecified atom stereocenters. The summed E-state index contributed by atoms with van der Waals surface area (Å²) in [6, 6.07) is 7.58. The summed E-state index contributed by atoms with van der Waals surface area (Å²) in [4.78, 5) is 43.1. The van der Waals surface area contributed by atoms with E-state index >= 15 is 0 Å².